The number of alkyl halides is 6. The molecule has 2 N–H and O–H groups in total. The molecule has 3 rings (SSSR count). The first-order valence-corrected chi connectivity index (χ1v) is 9.63. The van der Waals surface area contributed by atoms with Crippen LogP contribution in [0.15, 0.2) is 50.7 Å². The fourth-order valence-electron chi connectivity index (χ4n) is 2.29. The highest BCUT2D eigenvalue weighted by molar-refractivity contribution is 7.91. The van der Waals surface area contributed by atoms with Crippen LogP contribution in [0.2, 0.25) is 0 Å². The molecule has 0 aliphatic heterocycles. The molecule has 0 spiro atoms. The van der Waals surface area contributed by atoms with Gasteiger partial charge < -0.3 is 14.9 Å². The van der Waals surface area contributed by atoms with E-state index in [9.17, 15) is 34.8 Å². The van der Waals surface area contributed by atoms with Crippen LogP contribution in [0.1, 0.15) is 5.89 Å². The molecule has 1 aromatic carbocycles. The summed E-state index contributed by atoms with van der Waals surface area (Å²) in [4.78, 5) is 3.01. The fourth-order valence-corrected chi connectivity index (χ4v) is 3.54. The van der Waals surface area contributed by atoms with Crippen molar-refractivity contribution in [1.82, 2.24) is 15.2 Å². The molecule has 0 saturated heterocycles. The topological polar surface area (TPSA) is 130 Å². The number of benzene rings is 1. The van der Waals surface area contributed by atoms with Crippen LogP contribution in [0.3, 0.4) is 0 Å². The summed E-state index contributed by atoms with van der Waals surface area (Å²) in [6, 6.07) is 4.38. The summed E-state index contributed by atoms with van der Waals surface area (Å²) in [5.74, 6) is -1.54. The van der Waals surface area contributed by atoms with Crippen molar-refractivity contribution in [3.63, 3.8) is 0 Å². The molecule has 0 fully saturated rings. The third-order valence-corrected chi connectivity index (χ3v) is 5.34. The maximum Gasteiger partial charge on any atom is 0.573 e. The van der Waals surface area contributed by atoms with Gasteiger partial charge in [0.2, 0.25) is 15.7 Å². The Morgan fingerprint density at radius 1 is 0.969 bits per heavy atom. The third-order valence-electron chi connectivity index (χ3n) is 3.60. The minimum atomic E-state index is -4.94. The van der Waals surface area contributed by atoms with Gasteiger partial charge in [0, 0.05) is 6.20 Å². The largest absolute Gasteiger partial charge is 0.573 e. The van der Waals surface area contributed by atoms with Crippen LogP contribution in [0, 0.1) is 0 Å². The Hall–Kier alpha value is -3.40. The van der Waals surface area contributed by atoms with E-state index in [0.29, 0.717) is 0 Å². The van der Waals surface area contributed by atoms with Gasteiger partial charge in [-0.1, -0.05) is 0 Å². The van der Waals surface area contributed by atoms with Crippen LogP contribution in [-0.2, 0) is 21.2 Å². The first-order chi connectivity index (χ1) is 14.7. The minimum absolute atomic E-state index is 0.205. The number of aromatic nitrogens is 3. The van der Waals surface area contributed by atoms with Gasteiger partial charge in [-0.2, -0.15) is 0 Å². The van der Waals surface area contributed by atoms with E-state index in [1.807, 2.05) is 0 Å². The SMILES string of the molecule is Nc1cc(S(=O)(=O)c2ccc(OC(F)(F)F)cc2)cnc1-c1nnc(COC(F)(F)F)o1. The fraction of sp³-hybridized carbons (Fsp3) is 0.188. The summed E-state index contributed by atoms with van der Waals surface area (Å²) in [6.45, 7) is -1.06. The number of rotatable bonds is 6. The Bertz CT molecular complexity index is 1210. The quantitative estimate of drug-likeness (QED) is 0.523. The van der Waals surface area contributed by atoms with Gasteiger partial charge in [-0.3, -0.25) is 4.74 Å². The molecule has 0 unspecified atom stereocenters. The highest BCUT2D eigenvalue weighted by Crippen LogP contribution is 2.30. The molecule has 0 aliphatic carbocycles. The van der Waals surface area contributed by atoms with Crippen molar-refractivity contribution >= 4 is 15.5 Å². The molecular weight excluding hydrogens is 474 g/mol. The van der Waals surface area contributed by atoms with Gasteiger partial charge in [0.25, 0.3) is 5.89 Å². The highest BCUT2D eigenvalue weighted by Gasteiger charge is 2.32. The van der Waals surface area contributed by atoms with Gasteiger partial charge in [-0.05, 0) is 30.3 Å². The number of halogens is 6. The smallest absolute Gasteiger partial charge is 0.417 e. The molecule has 9 nitrogen and oxygen atoms in total. The van der Waals surface area contributed by atoms with E-state index in [-0.39, 0.29) is 22.2 Å². The summed E-state index contributed by atoms with van der Waals surface area (Å²) < 4.78 is 110. The Morgan fingerprint density at radius 3 is 2.19 bits per heavy atom. The van der Waals surface area contributed by atoms with Crippen LogP contribution in [0.25, 0.3) is 11.6 Å². The maximum atomic E-state index is 12.7. The average Bonchev–Trinajstić information content (AvgIpc) is 3.14. The number of anilines is 1. The lowest BCUT2D eigenvalue weighted by Gasteiger charge is -2.10. The van der Waals surface area contributed by atoms with Gasteiger partial charge in [0.05, 0.1) is 15.5 Å². The van der Waals surface area contributed by atoms with Crippen LogP contribution in [0.5, 0.6) is 5.75 Å². The lowest BCUT2D eigenvalue weighted by atomic mass is 10.3. The zero-order valence-electron chi connectivity index (χ0n) is 15.3. The number of sulfone groups is 1. The number of pyridine rings is 1. The number of nitrogens with two attached hydrogens (primary N) is 1. The molecule has 0 amide bonds. The number of ether oxygens (including phenoxy) is 2. The second-order valence-corrected chi connectivity index (χ2v) is 7.82. The summed E-state index contributed by atoms with van der Waals surface area (Å²) in [6.07, 6.45) is -9.00. The molecule has 0 radical (unpaired) electrons. The summed E-state index contributed by atoms with van der Waals surface area (Å²) >= 11 is 0. The number of hydrogen-bond acceptors (Lipinski definition) is 9. The lowest BCUT2D eigenvalue weighted by Crippen LogP contribution is -2.17. The third kappa shape index (κ3) is 5.64. The molecule has 0 aliphatic rings. The Morgan fingerprint density at radius 2 is 1.62 bits per heavy atom. The van der Waals surface area contributed by atoms with Gasteiger partial charge >= 0.3 is 12.7 Å². The Kier molecular flexibility index (Phi) is 6.01. The van der Waals surface area contributed by atoms with Crippen LogP contribution in [0.4, 0.5) is 32.0 Å². The van der Waals surface area contributed by atoms with Gasteiger partial charge in [0.1, 0.15) is 12.4 Å². The van der Waals surface area contributed by atoms with Crippen LogP contribution in [-0.4, -0.2) is 36.3 Å². The average molecular weight is 484 g/mol. The van der Waals surface area contributed by atoms with Crippen molar-refractivity contribution < 1.29 is 48.7 Å². The van der Waals surface area contributed by atoms with Gasteiger partial charge in [0.15, 0.2) is 5.69 Å². The molecule has 0 bridgehead atoms. The first-order valence-electron chi connectivity index (χ1n) is 8.14. The number of hydrogen-bond donors (Lipinski definition) is 1. The van der Waals surface area contributed by atoms with Crippen molar-refractivity contribution in [2.24, 2.45) is 0 Å². The monoisotopic (exact) mass is 484 g/mol. The van der Waals surface area contributed by atoms with E-state index in [1.54, 1.807) is 0 Å². The predicted octanol–water partition coefficient (Wildman–Crippen LogP) is 3.48. The van der Waals surface area contributed by atoms with Gasteiger partial charge in [-0.25, -0.2) is 13.4 Å². The molecule has 2 heterocycles. The predicted molar refractivity (Wildman–Crippen MR) is 91.4 cm³/mol. The van der Waals surface area contributed by atoms with E-state index in [4.69, 9.17) is 10.2 Å². The molecule has 0 atom stereocenters. The van der Waals surface area contributed by atoms with E-state index in [2.05, 4.69) is 24.7 Å². The normalized spacial score (nSPS) is 12.7. The van der Waals surface area contributed by atoms with Crippen molar-refractivity contribution in [1.29, 1.82) is 0 Å². The Balaban J connectivity index is 1.82. The minimum Gasteiger partial charge on any atom is -0.417 e. The van der Waals surface area contributed by atoms with Crippen LogP contribution < -0.4 is 10.5 Å². The highest BCUT2D eigenvalue weighted by atomic mass is 32.2. The number of nitrogens with zero attached hydrogens (tertiary/aromatic N) is 3. The molecule has 32 heavy (non-hydrogen) atoms. The first kappa shape index (κ1) is 23.3. The van der Waals surface area contributed by atoms with Crippen molar-refractivity contribution in [3.05, 3.63) is 42.4 Å². The summed E-state index contributed by atoms with van der Waals surface area (Å²) in [5, 5.41) is 6.82. The molecule has 3 aromatic rings. The van der Waals surface area contributed by atoms with E-state index in [0.717, 1.165) is 36.5 Å². The van der Waals surface area contributed by atoms with Crippen molar-refractivity contribution in [3.8, 4) is 17.3 Å². The Labute approximate surface area is 174 Å². The van der Waals surface area contributed by atoms with E-state index < -0.39 is 45.7 Å². The summed E-state index contributed by atoms with van der Waals surface area (Å²) in [5.41, 5.74) is 5.29. The summed E-state index contributed by atoms with van der Waals surface area (Å²) in [7, 11) is -4.23. The zero-order chi connectivity index (χ0) is 23.7. The van der Waals surface area contributed by atoms with E-state index >= 15 is 0 Å². The van der Waals surface area contributed by atoms with Crippen LogP contribution >= 0.6 is 0 Å². The van der Waals surface area contributed by atoms with Crippen molar-refractivity contribution in [2.45, 2.75) is 29.1 Å². The molecular formula is C16H10F6N4O5S. The zero-order valence-corrected chi connectivity index (χ0v) is 16.1. The maximum absolute atomic E-state index is 12.7. The standard InChI is InChI=1S/C16H10F6N4O5S/c17-15(18,19)29-7-12-25-26-14(30-12)13-11(23)5-10(6-24-13)32(27,28)9-3-1-8(2-4-9)31-16(20,21)22/h1-6H,7,23H2. The second-order valence-electron chi connectivity index (χ2n) is 5.87. The van der Waals surface area contributed by atoms with E-state index in [1.165, 1.54) is 0 Å². The lowest BCUT2D eigenvalue weighted by molar-refractivity contribution is -0.332. The van der Waals surface area contributed by atoms with Crippen molar-refractivity contribution in [2.75, 3.05) is 5.73 Å². The molecule has 172 valence electrons. The second kappa shape index (κ2) is 8.27. The molecule has 2 aromatic heterocycles. The molecule has 16 heteroatoms. The number of nitrogen functional groups attached to an aromatic ring is 1. The van der Waals surface area contributed by atoms with Gasteiger partial charge in [-0.15, -0.1) is 36.5 Å². The molecule has 0 saturated carbocycles.